The maximum atomic E-state index is 5.75. The van der Waals surface area contributed by atoms with Gasteiger partial charge in [-0.1, -0.05) is 11.6 Å². The van der Waals surface area contributed by atoms with Gasteiger partial charge in [-0.3, -0.25) is 10.5 Å². The number of nitrogens with two attached hydrogens (primary N) is 1. The molecule has 1 aromatic heterocycles. The topological polar surface area (TPSA) is 79.6 Å². The van der Waals surface area contributed by atoms with Crippen molar-refractivity contribution in [1.29, 1.82) is 0 Å². The maximum absolute atomic E-state index is 5.75. The Labute approximate surface area is 85.3 Å². The number of benzene rings is 1. The van der Waals surface area contributed by atoms with Gasteiger partial charge in [0.05, 0.1) is 0 Å². The Morgan fingerprint density at radius 3 is 2.57 bits per heavy atom. The van der Waals surface area contributed by atoms with Gasteiger partial charge in [-0.25, -0.2) is 5.84 Å². The van der Waals surface area contributed by atoms with Gasteiger partial charge in [0.25, 0.3) is 5.95 Å². The van der Waals surface area contributed by atoms with E-state index in [1.165, 1.54) is 0 Å². The van der Waals surface area contributed by atoms with Crippen molar-refractivity contribution in [2.45, 2.75) is 0 Å². The normalized spacial score (nSPS) is 10.1. The summed E-state index contributed by atoms with van der Waals surface area (Å²) in [6.45, 7) is 0. The van der Waals surface area contributed by atoms with E-state index in [0.717, 1.165) is 5.56 Å². The molecule has 0 saturated heterocycles. The van der Waals surface area contributed by atoms with Crippen LogP contribution in [0.5, 0.6) is 0 Å². The number of hydrogen-bond acceptors (Lipinski definition) is 4. The fourth-order valence-electron chi connectivity index (χ4n) is 1.06. The van der Waals surface area contributed by atoms with Gasteiger partial charge < -0.3 is 0 Å². The quantitative estimate of drug-likeness (QED) is 0.516. The molecule has 0 bridgehead atoms. The highest BCUT2D eigenvalue weighted by Crippen LogP contribution is 2.18. The van der Waals surface area contributed by atoms with E-state index in [4.69, 9.17) is 17.4 Å². The Morgan fingerprint density at radius 2 is 2.00 bits per heavy atom. The maximum Gasteiger partial charge on any atom is 0.256 e. The zero-order valence-corrected chi connectivity index (χ0v) is 7.92. The predicted molar refractivity (Wildman–Crippen MR) is 54.6 cm³/mol. The van der Waals surface area contributed by atoms with E-state index in [2.05, 4.69) is 20.6 Å². The van der Waals surface area contributed by atoms with E-state index in [-0.39, 0.29) is 0 Å². The summed E-state index contributed by atoms with van der Waals surface area (Å²) in [5.41, 5.74) is 3.25. The number of rotatable bonds is 2. The van der Waals surface area contributed by atoms with Crippen LogP contribution in [-0.4, -0.2) is 15.2 Å². The Hall–Kier alpha value is -1.59. The first kappa shape index (κ1) is 8.98. The number of hydrazine groups is 1. The third-order valence-electron chi connectivity index (χ3n) is 1.73. The number of H-pyrrole nitrogens is 1. The lowest BCUT2D eigenvalue weighted by atomic mass is 10.2. The highest BCUT2D eigenvalue weighted by atomic mass is 35.5. The van der Waals surface area contributed by atoms with Gasteiger partial charge in [0, 0.05) is 10.6 Å². The molecule has 0 aliphatic heterocycles. The lowest BCUT2D eigenvalue weighted by molar-refractivity contribution is 1.08. The zero-order valence-electron chi connectivity index (χ0n) is 7.16. The van der Waals surface area contributed by atoms with Gasteiger partial charge in [-0.15, -0.1) is 5.10 Å². The van der Waals surface area contributed by atoms with Crippen LogP contribution in [0.3, 0.4) is 0 Å². The fourth-order valence-corrected chi connectivity index (χ4v) is 1.19. The first-order valence-electron chi connectivity index (χ1n) is 3.94. The molecule has 0 amide bonds. The lowest BCUT2D eigenvalue weighted by Crippen LogP contribution is -2.07. The molecule has 0 fully saturated rings. The van der Waals surface area contributed by atoms with Gasteiger partial charge >= 0.3 is 0 Å². The molecule has 0 radical (unpaired) electrons. The number of aromatic nitrogens is 3. The van der Waals surface area contributed by atoms with Crippen molar-refractivity contribution in [1.82, 2.24) is 15.2 Å². The van der Waals surface area contributed by atoms with Crippen LogP contribution < -0.4 is 11.3 Å². The second-order valence-electron chi connectivity index (χ2n) is 2.66. The van der Waals surface area contributed by atoms with Crippen molar-refractivity contribution in [2.75, 3.05) is 5.43 Å². The van der Waals surface area contributed by atoms with Gasteiger partial charge in [0.15, 0.2) is 5.82 Å². The number of aromatic amines is 1. The highest BCUT2D eigenvalue weighted by Gasteiger charge is 2.03. The second-order valence-corrected chi connectivity index (χ2v) is 3.10. The summed E-state index contributed by atoms with van der Waals surface area (Å²) in [7, 11) is 0. The number of nitrogens with zero attached hydrogens (tertiary/aromatic N) is 2. The summed E-state index contributed by atoms with van der Waals surface area (Å²) in [6, 6.07) is 7.27. The first-order chi connectivity index (χ1) is 6.79. The van der Waals surface area contributed by atoms with Gasteiger partial charge in [0.1, 0.15) is 0 Å². The molecular weight excluding hydrogens is 202 g/mol. The zero-order chi connectivity index (χ0) is 9.97. The van der Waals surface area contributed by atoms with Gasteiger partial charge in [-0.2, -0.15) is 4.98 Å². The summed E-state index contributed by atoms with van der Waals surface area (Å²) < 4.78 is 0. The molecule has 6 heteroatoms. The van der Waals surface area contributed by atoms with Crippen LogP contribution in [0.4, 0.5) is 5.95 Å². The van der Waals surface area contributed by atoms with E-state index in [0.29, 0.717) is 16.8 Å². The predicted octanol–water partition coefficient (Wildman–Crippen LogP) is 1.41. The minimum absolute atomic E-state index is 0.356. The number of halogens is 1. The lowest BCUT2D eigenvalue weighted by Gasteiger charge is -1.94. The molecule has 0 saturated carbocycles. The number of nitrogen functional groups attached to an aromatic ring is 1. The Morgan fingerprint density at radius 1 is 1.29 bits per heavy atom. The molecule has 14 heavy (non-hydrogen) atoms. The van der Waals surface area contributed by atoms with Crippen molar-refractivity contribution in [3.8, 4) is 11.4 Å². The Bertz CT molecular complexity index is 422. The number of nitrogens with one attached hydrogen (secondary N) is 2. The van der Waals surface area contributed by atoms with E-state index >= 15 is 0 Å². The molecule has 2 aromatic rings. The van der Waals surface area contributed by atoms with Crippen LogP contribution in [0.2, 0.25) is 5.02 Å². The molecule has 1 heterocycles. The first-order valence-corrected chi connectivity index (χ1v) is 4.32. The smallest absolute Gasteiger partial charge is 0.256 e. The van der Waals surface area contributed by atoms with E-state index in [1.54, 1.807) is 12.1 Å². The summed E-state index contributed by atoms with van der Waals surface area (Å²) in [4.78, 5) is 4.08. The van der Waals surface area contributed by atoms with Crippen molar-refractivity contribution in [3.05, 3.63) is 29.3 Å². The van der Waals surface area contributed by atoms with Crippen LogP contribution in [0.25, 0.3) is 11.4 Å². The van der Waals surface area contributed by atoms with Crippen molar-refractivity contribution < 1.29 is 0 Å². The van der Waals surface area contributed by atoms with E-state index < -0.39 is 0 Å². The average Bonchev–Trinajstić information content (AvgIpc) is 2.67. The van der Waals surface area contributed by atoms with Crippen LogP contribution in [-0.2, 0) is 0 Å². The largest absolute Gasteiger partial charge is 0.291 e. The molecule has 5 nitrogen and oxygen atoms in total. The van der Waals surface area contributed by atoms with Gasteiger partial charge in [0.2, 0.25) is 0 Å². The van der Waals surface area contributed by atoms with Crippen LogP contribution in [0.15, 0.2) is 24.3 Å². The van der Waals surface area contributed by atoms with Crippen LogP contribution in [0, 0.1) is 0 Å². The summed E-state index contributed by atoms with van der Waals surface area (Å²) in [5, 5.41) is 7.26. The fraction of sp³-hybridized carbons (Fsp3) is 0. The average molecular weight is 210 g/mol. The molecule has 0 aliphatic rings. The third kappa shape index (κ3) is 1.68. The van der Waals surface area contributed by atoms with Gasteiger partial charge in [-0.05, 0) is 24.3 Å². The molecule has 72 valence electrons. The van der Waals surface area contributed by atoms with E-state index in [9.17, 15) is 0 Å². The minimum Gasteiger partial charge on any atom is -0.291 e. The Balaban J connectivity index is 2.34. The number of anilines is 1. The summed E-state index contributed by atoms with van der Waals surface area (Å²) in [6.07, 6.45) is 0. The Kier molecular flexibility index (Phi) is 2.34. The third-order valence-corrected chi connectivity index (χ3v) is 1.98. The summed E-state index contributed by atoms with van der Waals surface area (Å²) in [5.74, 6) is 6.15. The van der Waals surface area contributed by atoms with Crippen molar-refractivity contribution in [2.24, 2.45) is 5.84 Å². The molecule has 2 rings (SSSR count). The molecule has 0 aliphatic carbocycles. The van der Waals surface area contributed by atoms with E-state index in [1.807, 2.05) is 12.1 Å². The van der Waals surface area contributed by atoms with Crippen molar-refractivity contribution >= 4 is 17.5 Å². The number of hydrogen-bond donors (Lipinski definition) is 3. The molecule has 1 aromatic carbocycles. The molecule has 0 unspecified atom stereocenters. The monoisotopic (exact) mass is 209 g/mol. The highest BCUT2D eigenvalue weighted by molar-refractivity contribution is 6.30. The van der Waals surface area contributed by atoms with Crippen molar-refractivity contribution in [3.63, 3.8) is 0 Å². The molecular formula is C8H8ClN5. The van der Waals surface area contributed by atoms with Crippen LogP contribution >= 0.6 is 11.6 Å². The standard InChI is InChI=1S/C8H8ClN5/c9-6-3-1-5(2-4-6)7-11-8(12-10)14-13-7/h1-4H,10H2,(H2,11,12,13,14). The molecule has 0 atom stereocenters. The molecule has 0 spiro atoms. The molecule has 4 N–H and O–H groups in total. The van der Waals surface area contributed by atoms with Crippen LogP contribution in [0.1, 0.15) is 0 Å². The summed E-state index contributed by atoms with van der Waals surface area (Å²) >= 11 is 5.75. The second kappa shape index (κ2) is 3.65. The minimum atomic E-state index is 0.356. The SMILES string of the molecule is NNc1n[nH]c(-c2ccc(Cl)cc2)n1.